The van der Waals surface area contributed by atoms with Crippen molar-refractivity contribution in [2.24, 2.45) is 4.99 Å². The summed E-state index contributed by atoms with van der Waals surface area (Å²) in [6.45, 7) is 2.82. The van der Waals surface area contributed by atoms with E-state index in [0.29, 0.717) is 30.0 Å². The number of hydrogen-bond donors (Lipinski definition) is 3. The number of nitrogens with one attached hydrogen (secondary N) is 3. The van der Waals surface area contributed by atoms with Crippen molar-refractivity contribution >= 4 is 28.8 Å². The zero-order valence-electron chi connectivity index (χ0n) is 19.2. The molecule has 1 atom stereocenters. The van der Waals surface area contributed by atoms with Crippen LogP contribution in [-0.4, -0.2) is 55.3 Å². The van der Waals surface area contributed by atoms with Crippen molar-refractivity contribution in [3.63, 3.8) is 0 Å². The molecule has 1 aromatic heterocycles. The highest BCUT2D eigenvalue weighted by molar-refractivity contribution is 5.90. The van der Waals surface area contributed by atoms with E-state index in [9.17, 15) is 22.8 Å². The number of alkyl halides is 3. The van der Waals surface area contributed by atoms with E-state index in [1.807, 2.05) is 12.1 Å². The van der Waals surface area contributed by atoms with Gasteiger partial charge in [0.25, 0.3) is 0 Å². The molecule has 8 nitrogen and oxygen atoms in total. The number of ether oxygens (including phenoxy) is 2. The summed E-state index contributed by atoms with van der Waals surface area (Å²) in [4.78, 5) is 30.8. The van der Waals surface area contributed by atoms with E-state index < -0.39 is 30.5 Å². The Bertz CT molecular complexity index is 1240. The Morgan fingerprint density at radius 3 is 2.67 bits per heavy atom. The molecule has 1 unspecified atom stereocenters. The van der Waals surface area contributed by atoms with Crippen molar-refractivity contribution in [2.45, 2.75) is 24.9 Å². The number of esters is 2. The van der Waals surface area contributed by atoms with Crippen molar-refractivity contribution < 1.29 is 32.2 Å². The van der Waals surface area contributed by atoms with Crippen LogP contribution in [0.4, 0.5) is 13.2 Å². The van der Waals surface area contributed by atoms with Crippen molar-refractivity contribution in [3.05, 3.63) is 65.9 Å². The van der Waals surface area contributed by atoms with Gasteiger partial charge in [-0.15, -0.1) is 0 Å². The number of benzene rings is 2. The molecule has 0 saturated heterocycles. The van der Waals surface area contributed by atoms with E-state index >= 15 is 0 Å². The highest BCUT2D eigenvalue weighted by atomic mass is 19.4. The first-order valence-electron chi connectivity index (χ1n) is 11.4. The monoisotopic (exact) mass is 502 g/mol. The molecule has 0 spiro atoms. The van der Waals surface area contributed by atoms with Gasteiger partial charge in [-0.3, -0.25) is 9.79 Å². The van der Waals surface area contributed by atoms with Crippen LogP contribution < -0.4 is 15.4 Å². The molecule has 2 aromatic carbocycles. The van der Waals surface area contributed by atoms with E-state index in [2.05, 4.69) is 25.3 Å². The fourth-order valence-corrected chi connectivity index (χ4v) is 3.95. The SMILES string of the molecule is O=C(CC(c1ccccc1)c1c[nH]c2cc(OCCCNC3=NCCN3)ccc12)OC(=O)C(F)(F)F. The van der Waals surface area contributed by atoms with Gasteiger partial charge in [0.05, 0.1) is 19.6 Å². The molecule has 0 fully saturated rings. The van der Waals surface area contributed by atoms with E-state index in [4.69, 9.17) is 4.74 Å². The summed E-state index contributed by atoms with van der Waals surface area (Å²) in [5.41, 5.74) is 2.13. The van der Waals surface area contributed by atoms with Crippen molar-refractivity contribution in [2.75, 3.05) is 26.2 Å². The lowest BCUT2D eigenvalue weighted by Gasteiger charge is -2.17. The Balaban J connectivity index is 1.45. The normalized spacial score (nSPS) is 14.1. The Kier molecular flexibility index (Phi) is 7.77. The third-order valence-electron chi connectivity index (χ3n) is 5.63. The van der Waals surface area contributed by atoms with Crippen LogP contribution >= 0.6 is 0 Å². The predicted molar refractivity (Wildman–Crippen MR) is 127 cm³/mol. The standard InChI is InChI=1S/C25H25F3N4O4/c26-25(27,28)23(34)36-22(33)14-19(16-5-2-1-3-6-16)20-15-32-21-13-17(7-8-18(20)21)35-12-4-9-29-24-30-10-11-31-24/h1-3,5-8,13,15,19,32H,4,9-12,14H2,(H2,29,30,31). The fraction of sp³-hybridized carbons (Fsp3) is 0.320. The fourth-order valence-electron chi connectivity index (χ4n) is 3.95. The predicted octanol–water partition coefficient (Wildman–Crippen LogP) is 3.64. The highest BCUT2D eigenvalue weighted by Gasteiger charge is 2.42. The molecule has 0 radical (unpaired) electrons. The lowest BCUT2D eigenvalue weighted by atomic mass is 9.88. The quantitative estimate of drug-likeness (QED) is 0.235. The molecular weight excluding hydrogens is 477 g/mol. The van der Waals surface area contributed by atoms with Gasteiger partial charge in [0.2, 0.25) is 0 Å². The average Bonchev–Trinajstić information content (AvgIpc) is 3.52. The van der Waals surface area contributed by atoms with E-state index in [1.165, 1.54) is 0 Å². The minimum atomic E-state index is -5.24. The van der Waals surface area contributed by atoms with Gasteiger partial charge in [-0.2, -0.15) is 13.2 Å². The van der Waals surface area contributed by atoms with Gasteiger partial charge in [0.1, 0.15) is 5.75 Å². The minimum Gasteiger partial charge on any atom is -0.493 e. The number of guanidine groups is 1. The van der Waals surface area contributed by atoms with Crippen LogP contribution in [0.2, 0.25) is 0 Å². The molecular formula is C25H25F3N4O4. The summed E-state index contributed by atoms with van der Waals surface area (Å²) in [5.74, 6) is -2.96. The summed E-state index contributed by atoms with van der Waals surface area (Å²) in [6.07, 6.45) is -3.22. The Morgan fingerprint density at radius 1 is 1.14 bits per heavy atom. The number of rotatable bonds is 9. The number of aromatic nitrogens is 1. The van der Waals surface area contributed by atoms with Crippen LogP contribution in [0.5, 0.6) is 5.75 Å². The lowest BCUT2D eigenvalue weighted by molar-refractivity contribution is -0.201. The van der Waals surface area contributed by atoms with Crippen molar-refractivity contribution in [1.82, 2.24) is 15.6 Å². The maximum Gasteiger partial charge on any atom is 0.491 e. The number of carbonyl (C=O) groups excluding carboxylic acids is 2. The van der Waals surface area contributed by atoms with Crippen molar-refractivity contribution in [3.8, 4) is 5.75 Å². The summed E-state index contributed by atoms with van der Waals surface area (Å²) >= 11 is 0. The topological polar surface area (TPSA) is 105 Å². The second-order valence-electron chi connectivity index (χ2n) is 8.16. The summed E-state index contributed by atoms with van der Waals surface area (Å²) in [5, 5.41) is 7.11. The number of carbonyl (C=O) groups is 2. The molecule has 0 aliphatic carbocycles. The molecule has 3 N–H and O–H groups in total. The first kappa shape index (κ1) is 25.1. The van der Waals surface area contributed by atoms with Gasteiger partial charge in [0.15, 0.2) is 5.96 Å². The van der Waals surface area contributed by atoms with Gasteiger partial charge in [-0.05, 0) is 29.7 Å². The number of aliphatic imine (C=N–C) groups is 1. The molecule has 36 heavy (non-hydrogen) atoms. The van der Waals surface area contributed by atoms with Gasteiger partial charge in [0, 0.05) is 42.2 Å². The molecule has 1 aliphatic heterocycles. The Morgan fingerprint density at radius 2 is 1.94 bits per heavy atom. The molecule has 190 valence electrons. The van der Waals surface area contributed by atoms with Crippen LogP contribution in [-0.2, 0) is 14.3 Å². The van der Waals surface area contributed by atoms with Gasteiger partial charge in [-0.1, -0.05) is 30.3 Å². The zero-order valence-corrected chi connectivity index (χ0v) is 19.2. The number of aromatic amines is 1. The second kappa shape index (κ2) is 11.1. The van der Waals surface area contributed by atoms with Gasteiger partial charge < -0.3 is 25.1 Å². The maximum atomic E-state index is 12.5. The maximum absolute atomic E-state index is 12.5. The summed E-state index contributed by atoms with van der Waals surface area (Å²) < 4.78 is 47.5. The lowest BCUT2D eigenvalue weighted by Crippen LogP contribution is -2.34. The number of fused-ring (bicyclic) bond motifs is 1. The summed E-state index contributed by atoms with van der Waals surface area (Å²) in [7, 11) is 0. The highest BCUT2D eigenvalue weighted by Crippen LogP contribution is 2.35. The molecule has 0 bridgehead atoms. The third kappa shape index (κ3) is 6.35. The van der Waals surface area contributed by atoms with Crippen LogP contribution in [0.3, 0.4) is 0 Å². The molecule has 0 saturated carbocycles. The first-order valence-corrected chi connectivity index (χ1v) is 11.4. The average molecular weight is 502 g/mol. The van der Waals surface area contributed by atoms with E-state index in [-0.39, 0.29) is 0 Å². The second-order valence-corrected chi connectivity index (χ2v) is 8.16. The number of H-pyrrole nitrogens is 1. The Labute approximate surface area is 204 Å². The number of halogens is 3. The molecule has 2 heterocycles. The number of hydrogen-bond acceptors (Lipinski definition) is 7. The molecule has 11 heteroatoms. The van der Waals surface area contributed by atoms with Gasteiger partial charge >= 0.3 is 18.1 Å². The molecule has 0 amide bonds. The number of nitrogens with zero attached hydrogens (tertiary/aromatic N) is 1. The largest absolute Gasteiger partial charge is 0.493 e. The molecule has 1 aliphatic rings. The molecule has 4 rings (SSSR count). The van der Waals surface area contributed by atoms with Crippen LogP contribution in [0.15, 0.2) is 59.7 Å². The third-order valence-corrected chi connectivity index (χ3v) is 5.63. The van der Waals surface area contributed by atoms with E-state index in [1.54, 1.807) is 42.6 Å². The van der Waals surface area contributed by atoms with Crippen molar-refractivity contribution in [1.29, 1.82) is 0 Å². The summed E-state index contributed by atoms with van der Waals surface area (Å²) in [6, 6.07) is 14.3. The van der Waals surface area contributed by atoms with Crippen LogP contribution in [0.25, 0.3) is 10.9 Å². The minimum absolute atomic E-state index is 0.440. The molecule has 3 aromatic rings. The zero-order chi connectivity index (χ0) is 25.5. The first-order chi connectivity index (χ1) is 17.3. The van der Waals surface area contributed by atoms with Crippen LogP contribution in [0, 0.1) is 0 Å². The van der Waals surface area contributed by atoms with Crippen LogP contribution in [0.1, 0.15) is 29.9 Å². The smallest absolute Gasteiger partial charge is 0.491 e. The van der Waals surface area contributed by atoms with Gasteiger partial charge in [-0.25, -0.2) is 4.79 Å². The van der Waals surface area contributed by atoms with E-state index in [0.717, 1.165) is 36.4 Å². The Hall–Kier alpha value is -4.02.